The normalized spacial score (nSPS) is 18.6. The lowest BCUT2D eigenvalue weighted by atomic mass is 9.81. The zero-order valence-corrected chi connectivity index (χ0v) is 21.4. The highest BCUT2D eigenvalue weighted by Gasteiger charge is 2.31. The van der Waals surface area contributed by atoms with Crippen LogP contribution in [0.3, 0.4) is 0 Å². The van der Waals surface area contributed by atoms with Gasteiger partial charge in [0.25, 0.3) is 0 Å². The summed E-state index contributed by atoms with van der Waals surface area (Å²) >= 11 is 0. The Morgan fingerprint density at radius 1 is 1.25 bits per heavy atom. The SMILES string of the molecule is Cc1cn(C)c(-c2cccc(C(Cc3ccc4c(n3)NCCC4)[C@H]3CCN(CCCC(=O)O)C3)c2)n1. The molecule has 7 nitrogen and oxygen atoms in total. The number of aryl methyl sites for hydroxylation is 3. The minimum absolute atomic E-state index is 0.238. The Labute approximate surface area is 213 Å². The van der Waals surface area contributed by atoms with E-state index in [1.54, 1.807) is 0 Å². The van der Waals surface area contributed by atoms with E-state index in [1.807, 2.05) is 6.92 Å². The van der Waals surface area contributed by atoms with E-state index in [1.165, 1.54) is 11.1 Å². The summed E-state index contributed by atoms with van der Waals surface area (Å²) in [7, 11) is 2.05. The van der Waals surface area contributed by atoms with E-state index >= 15 is 0 Å². The van der Waals surface area contributed by atoms with Crippen LogP contribution in [0.2, 0.25) is 0 Å². The quantitative estimate of drug-likeness (QED) is 0.457. The Hall–Kier alpha value is -3.19. The molecule has 0 aliphatic carbocycles. The molecular formula is C29H37N5O2. The van der Waals surface area contributed by atoms with E-state index in [0.29, 0.717) is 18.3 Å². The van der Waals surface area contributed by atoms with Crippen molar-refractivity contribution in [2.75, 3.05) is 31.5 Å². The third kappa shape index (κ3) is 5.62. The lowest BCUT2D eigenvalue weighted by molar-refractivity contribution is -0.137. The van der Waals surface area contributed by atoms with Gasteiger partial charge in [-0.2, -0.15) is 0 Å². The number of carboxylic acids is 1. The van der Waals surface area contributed by atoms with E-state index in [2.05, 4.69) is 64.4 Å². The Bertz CT molecular complexity index is 1220. The molecule has 36 heavy (non-hydrogen) atoms. The van der Waals surface area contributed by atoms with E-state index < -0.39 is 5.97 Å². The summed E-state index contributed by atoms with van der Waals surface area (Å²) in [6.07, 6.45) is 7.28. The molecule has 4 heterocycles. The van der Waals surface area contributed by atoms with Gasteiger partial charge in [-0.25, -0.2) is 9.97 Å². The van der Waals surface area contributed by atoms with E-state index in [4.69, 9.17) is 15.1 Å². The van der Waals surface area contributed by atoms with Gasteiger partial charge in [0.15, 0.2) is 0 Å². The molecule has 3 aromatic rings. The van der Waals surface area contributed by atoms with Crippen molar-refractivity contribution in [2.24, 2.45) is 13.0 Å². The number of aromatic nitrogens is 3. The van der Waals surface area contributed by atoms with Crippen molar-refractivity contribution in [2.45, 2.75) is 51.4 Å². The first-order valence-corrected chi connectivity index (χ1v) is 13.2. The third-order valence-electron chi connectivity index (χ3n) is 7.69. The Morgan fingerprint density at radius 2 is 2.14 bits per heavy atom. The van der Waals surface area contributed by atoms with Gasteiger partial charge in [-0.05, 0) is 87.2 Å². The number of nitrogens with one attached hydrogen (secondary N) is 1. The molecule has 2 aliphatic rings. The van der Waals surface area contributed by atoms with Crippen LogP contribution in [0.5, 0.6) is 0 Å². The first-order valence-electron chi connectivity index (χ1n) is 13.2. The second-order valence-electron chi connectivity index (χ2n) is 10.4. The van der Waals surface area contributed by atoms with Crippen molar-refractivity contribution in [1.29, 1.82) is 0 Å². The maximum absolute atomic E-state index is 11.0. The average molecular weight is 488 g/mol. The minimum Gasteiger partial charge on any atom is -0.481 e. The molecule has 0 saturated carbocycles. The molecule has 0 spiro atoms. The smallest absolute Gasteiger partial charge is 0.303 e. The lowest BCUT2D eigenvalue weighted by Crippen LogP contribution is -2.25. The van der Waals surface area contributed by atoms with E-state index in [-0.39, 0.29) is 6.42 Å². The number of carboxylic acid groups (broad SMARTS) is 1. The van der Waals surface area contributed by atoms with Gasteiger partial charge in [0.05, 0.1) is 5.69 Å². The number of benzene rings is 1. The Balaban J connectivity index is 1.41. The Kier molecular flexibility index (Phi) is 7.37. The molecule has 1 saturated heterocycles. The molecular weight excluding hydrogens is 450 g/mol. The number of rotatable bonds is 9. The standard InChI is InChI=1S/C29H37N5O2/c1-20-18-33(2)29(31-20)23-7-3-6-22(16-23)26(24-12-15-34(19-24)14-5-9-27(35)36)17-25-11-10-21-8-4-13-30-28(21)32-25/h3,6-7,10-11,16,18,24,26H,4-5,8-9,12-15,17,19H2,1-2H3,(H,30,32)(H,35,36)/t24-,26?/m0/s1. The molecule has 0 bridgehead atoms. The number of carbonyl (C=O) groups is 1. The van der Waals surface area contributed by atoms with Crippen molar-refractivity contribution in [3.63, 3.8) is 0 Å². The van der Waals surface area contributed by atoms with Gasteiger partial charge < -0.3 is 19.9 Å². The lowest BCUT2D eigenvalue weighted by Gasteiger charge is -2.26. The van der Waals surface area contributed by atoms with Gasteiger partial charge in [0.1, 0.15) is 11.6 Å². The van der Waals surface area contributed by atoms with Crippen molar-refractivity contribution in [3.8, 4) is 11.4 Å². The maximum Gasteiger partial charge on any atom is 0.303 e. The zero-order chi connectivity index (χ0) is 25.1. The second kappa shape index (κ2) is 10.8. The van der Waals surface area contributed by atoms with Gasteiger partial charge in [0.2, 0.25) is 0 Å². The summed E-state index contributed by atoms with van der Waals surface area (Å²) in [5.41, 5.74) is 5.95. The number of hydrogen-bond acceptors (Lipinski definition) is 5. The average Bonchev–Trinajstić information content (AvgIpc) is 3.47. The molecule has 1 fully saturated rings. The molecule has 7 heteroatoms. The first-order chi connectivity index (χ1) is 17.5. The van der Waals surface area contributed by atoms with Crippen LogP contribution in [0.1, 0.15) is 54.1 Å². The monoisotopic (exact) mass is 487 g/mol. The number of nitrogens with zero attached hydrogens (tertiary/aromatic N) is 4. The summed E-state index contributed by atoms with van der Waals surface area (Å²) in [5.74, 6) is 2.17. The number of imidazole rings is 1. The summed E-state index contributed by atoms with van der Waals surface area (Å²) in [6.45, 7) is 5.90. The number of aliphatic carboxylic acids is 1. The fourth-order valence-corrected chi connectivity index (χ4v) is 5.91. The zero-order valence-electron chi connectivity index (χ0n) is 21.4. The van der Waals surface area contributed by atoms with Crippen molar-refractivity contribution >= 4 is 11.8 Å². The molecule has 2 N–H and O–H groups in total. The van der Waals surface area contributed by atoms with Gasteiger partial charge in [-0.3, -0.25) is 4.79 Å². The van der Waals surface area contributed by atoms with Crippen LogP contribution in [0, 0.1) is 12.8 Å². The molecule has 0 amide bonds. The maximum atomic E-state index is 11.0. The Morgan fingerprint density at radius 3 is 2.94 bits per heavy atom. The second-order valence-corrected chi connectivity index (χ2v) is 10.4. The van der Waals surface area contributed by atoms with Crippen LogP contribution in [-0.2, 0) is 24.7 Å². The van der Waals surface area contributed by atoms with Crippen molar-refractivity contribution < 1.29 is 9.90 Å². The highest BCUT2D eigenvalue weighted by atomic mass is 16.4. The topological polar surface area (TPSA) is 83.3 Å². The predicted molar refractivity (Wildman–Crippen MR) is 142 cm³/mol. The minimum atomic E-state index is -0.711. The van der Waals surface area contributed by atoms with E-state index in [9.17, 15) is 4.79 Å². The molecule has 5 rings (SSSR count). The fourth-order valence-electron chi connectivity index (χ4n) is 5.91. The van der Waals surface area contributed by atoms with Gasteiger partial charge in [-0.1, -0.05) is 24.3 Å². The van der Waals surface area contributed by atoms with Crippen LogP contribution >= 0.6 is 0 Å². The molecule has 2 aliphatic heterocycles. The number of anilines is 1. The molecule has 2 aromatic heterocycles. The van der Waals surface area contributed by atoms with Crippen LogP contribution in [-0.4, -0.2) is 56.7 Å². The van der Waals surface area contributed by atoms with Crippen LogP contribution in [0.15, 0.2) is 42.6 Å². The highest BCUT2D eigenvalue weighted by Crippen LogP contribution is 2.37. The van der Waals surface area contributed by atoms with Crippen LogP contribution in [0.25, 0.3) is 11.4 Å². The highest BCUT2D eigenvalue weighted by molar-refractivity contribution is 5.66. The molecule has 0 radical (unpaired) electrons. The van der Waals surface area contributed by atoms with E-state index in [0.717, 1.165) is 80.5 Å². The molecule has 2 atom stereocenters. The summed E-state index contributed by atoms with van der Waals surface area (Å²) < 4.78 is 2.10. The van der Waals surface area contributed by atoms with Crippen molar-refractivity contribution in [1.82, 2.24) is 19.4 Å². The van der Waals surface area contributed by atoms with Gasteiger partial charge >= 0.3 is 5.97 Å². The molecule has 1 unspecified atom stereocenters. The largest absolute Gasteiger partial charge is 0.481 e. The third-order valence-corrected chi connectivity index (χ3v) is 7.69. The summed E-state index contributed by atoms with van der Waals surface area (Å²) in [4.78, 5) is 23.2. The number of pyridine rings is 1. The summed E-state index contributed by atoms with van der Waals surface area (Å²) in [6, 6.07) is 13.3. The fraction of sp³-hybridized carbons (Fsp3) is 0.483. The molecule has 190 valence electrons. The van der Waals surface area contributed by atoms with Crippen molar-refractivity contribution in [3.05, 3.63) is 65.1 Å². The predicted octanol–water partition coefficient (Wildman–Crippen LogP) is 4.66. The molecule has 1 aromatic carbocycles. The van der Waals surface area contributed by atoms with Gasteiger partial charge in [-0.15, -0.1) is 0 Å². The van der Waals surface area contributed by atoms with Crippen LogP contribution < -0.4 is 5.32 Å². The van der Waals surface area contributed by atoms with Gasteiger partial charge in [0, 0.05) is 44.0 Å². The van der Waals surface area contributed by atoms with Crippen LogP contribution in [0.4, 0.5) is 5.82 Å². The number of fused-ring (bicyclic) bond motifs is 1. The number of likely N-dealkylation sites (tertiary alicyclic amines) is 1. The number of hydrogen-bond donors (Lipinski definition) is 2. The summed E-state index contributed by atoms with van der Waals surface area (Å²) in [5, 5.41) is 12.5. The first kappa shape index (κ1) is 24.5.